The number of halogens is 1. The third kappa shape index (κ3) is 9.52. The Balaban J connectivity index is 0.00000400. The summed E-state index contributed by atoms with van der Waals surface area (Å²) in [5.41, 5.74) is -0.591. The van der Waals surface area contributed by atoms with Gasteiger partial charge in [-0.15, -0.1) is 24.0 Å². The zero-order chi connectivity index (χ0) is 14.7. The fraction of sp³-hybridized carbons (Fsp3) is 0.933. The van der Waals surface area contributed by atoms with Crippen LogP contribution in [0.4, 0.5) is 0 Å². The Bertz CT molecular complexity index is 282. The van der Waals surface area contributed by atoms with Crippen LogP contribution in [0.3, 0.4) is 0 Å². The topological polar surface area (TPSA) is 65.9 Å². The van der Waals surface area contributed by atoms with Crippen LogP contribution >= 0.6 is 24.0 Å². The van der Waals surface area contributed by atoms with Crippen molar-refractivity contribution < 1.29 is 9.84 Å². The van der Waals surface area contributed by atoms with Crippen molar-refractivity contribution in [3.63, 3.8) is 0 Å². The van der Waals surface area contributed by atoms with Crippen molar-refractivity contribution in [3.05, 3.63) is 0 Å². The molecular weight excluding hydrogens is 381 g/mol. The third-order valence-electron chi connectivity index (χ3n) is 3.62. The lowest BCUT2D eigenvalue weighted by atomic mass is 9.85. The molecule has 6 heteroatoms. The summed E-state index contributed by atoms with van der Waals surface area (Å²) >= 11 is 0. The molecule has 0 unspecified atom stereocenters. The van der Waals surface area contributed by atoms with Gasteiger partial charge in [0, 0.05) is 26.3 Å². The molecule has 0 amide bonds. The van der Waals surface area contributed by atoms with E-state index in [0.717, 1.165) is 64.4 Å². The van der Waals surface area contributed by atoms with Crippen LogP contribution in [-0.4, -0.2) is 49.5 Å². The second-order valence-corrected chi connectivity index (χ2v) is 5.46. The molecule has 0 aromatic heterocycles. The molecule has 0 saturated heterocycles. The summed E-state index contributed by atoms with van der Waals surface area (Å²) in [5, 5.41) is 16.9. The van der Waals surface area contributed by atoms with Crippen molar-refractivity contribution in [2.45, 2.75) is 58.0 Å². The smallest absolute Gasteiger partial charge is 0.191 e. The minimum atomic E-state index is -0.591. The second-order valence-electron chi connectivity index (χ2n) is 5.46. The van der Waals surface area contributed by atoms with Crippen LogP contribution in [0.1, 0.15) is 52.4 Å². The SMILES string of the molecule is CCNC(=NCC1(O)CCCCC1)NCCCOCC.I. The molecule has 3 N–H and O–H groups in total. The van der Waals surface area contributed by atoms with E-state index in [0.29, 0.717) is 6.54 Å². The number of nitrogens with zero attached hydrogens (tertiary/aromatic N) is 1. The predicted molar refractivity (Wildman–Crippen MR) is 98.5 cm³/mol. The molecule has 1 aliphatic rings. The fourth-order valence-corrected chi connectivity index (χ4v) is 2.46. The first-order valence-corrected chi connectivity index (χ1v) is 8.02. The van der Waals surface area contributed by atoms with Crippen LogP contribution in [0.25, 0.3) is 0 Å². The first-order valence-electron chi connectivity index (χ1n) is 8.02. The normalized spacial score (nSPS) is 18.0. The highest BCUT2D eigenvalue weighted by atomic mass is 127. The van der Waals surface area contributed by atoms with Crippen LogP contribution < -0.4 is 10.6 Å². The van der Waals surface area contributed by atoms with Gasteiger partial charge < -0.3 is 20.5 Å². The monoisotopic (exact) mass is 413 g/mol. The Hall–Kier alpha value is -0.0800. The van der Waals surface area contributed by atoms with E-state index < -0.39 is 5.60 Å². The van der Waals surface area contributed by atoms with Crippen molar-refractivity contribution in [2.24, 2.45) is 4.99 Å². The molecule has 5 nitrogen and oxygen atoms in total. The van der Waals surface area contributed by atoms with E-state index in [1.54, 1.807) is 0 Å². The molecule has 0 bridgehead atoms. The lowest BCUT2D eigenvalue weighted by Crippen LogP contribution is -2.41. The quantitative estimate of drug-likeness (QED) is 0.247. The van der Waals surface area contributed by atoms with Gasteiger partial charge in [-0.25, -0.2) is 0 Å². The van der Waals surface area contributed by atoms with E-state index in [1.807, 2.05) is 13.8 Å². The number of rotatable bonds is 8. The molecule has 0 aromatic carbocycles. The summed E-state index contributed by atoms with van der Waals surface area (Å²) in [6, 6.07) is 0. The molecule has 126 valence electrons. The average molecular weight is 413 g/mol. The number of hydrogen-bond donors (Lipinski definition) is 3. The van der Waals surface area contributed by atoms with Crippen molar-refractivity contribution in [2.75, 3.05) is 32.8 Å². The average Bonchev–Trinajstić information content (AvgIpc) is 2.45. The number of ether oxygens (including phenoxy) is 1. The predicted octanol–water partition coefficient (Wildman–Crippen LogP) is 2.28. The molecule has 0 radical (unpaired) electrons. The van der Waals surface area contributed by atoms with Crippen LogP contribution in [0, 0.1) is 0 Å². The maximum Gasteiger partial charge on any atom is 0.191 e. The van der Waals surface area contributed by atoms with E-state index in [1.165, 1.54) is 6.42 Å². The Morgan fingerprint density at radius 1 is 1.19 bits per heavy atom. The molecule has 0 aliphatic heterocycles. The third-order valence-corrected chi connectivity index (χ3v) is 3.62. The number of aliphatic hydroxyl groups is 1. The number of aliphatic imine (C=N–C) groups is 1. The minimum Gasteiger partial charge on any atom is -0.388 e. The highest BCUT2D eigenvalue weighted by Gasteiger charge is 2.28. The Morgan fingerprint density at radius 3 is 2.52 bits per heavy atom. The lowest BCUT2D eigenvalue weighted by Gasteiger charge is -2.30. The van der Waals surface area contributed by atoms with E-state index in [-0.39, 0.29) is 24.0 Å². The van der Waals surface area contributed by atoms with Crippen LogP contribution in [0.5, 0.6) is 0 Å². The molecule has 1 rings (SSSR count). The number of hydrogen-bond acceptors (Lipinski definition) is 3. The molecule has 21 heavy (non-hydrogen) atoms. The standard InChI is InChI=1S/C15H31N3O2.HI/c1-3-16-14(17-11-8-12-20-4-2)18-13-15(19)9-6-5-7-10-15;/h19H,3-13H2,1-2H3,(H2,16,17,18);1H. The summed E-state index contributed by atoms with van der Waals surface area (Å²) in [4.78, 5) is 4.53. The highest BCUT2D eigenvalue weighted by molar-refractivity contribution is 14.0. The van der Waals surface area contributed by atoms with Gasteiger partial charge in [-0.1, -0.05) is 19.3 Å². The summed E-state index contributed by atoms with van der Waals surface area (Å²) in [5.74, 6) is 0.794. The summed E-state index contributed by atoms with van der Waals surface area (Å²) < 4.78 is 5.31. The molecule has 1 fully saturated rings. The highest BCUT2D eigenvalue weighted by Crippen LogP contribution is 2.28. The van der Waals surface area contributed by atoms with Crippen LogP contribution in [0.2, 0.25) is 0 Å². The Morgan fingerprint density at radius 2 is 1.90 bits per heavy atom. The molecule has 0 spiro atoms. The summed E-state index contributed by atoms with van der Waals surface area (Å²) in [7, 11) is 0. The van der Waals surface area contributed by atoms with Gasteiger partial charge in [-0.3, -0.25) is 4.99 Å². The van der Waals surface area contributed by atoms with Crippen molar-refractivity contribution in [1.82, 2.24) is 10.6 Å². The number of nitrogens with one attached hydrogen (secondary N) is 2. The van der Waals surface area contributed by atoms with Crippen molar-refractivity contribution in [3.8, 4) is 0 Å². The van der Waals surface area contributed by atoms with Crippen molar-refractivity contribution >= 4 is 29.9 Å². The molecule has 1 saturated carbocycles. The Kier molecular flexibility index (Phi) is 12.4. The lowest BCUT2D eigenvalue weighted by molar-refractivity contribution is 0.0131. The first-order chi connectivity index (χ1) is 9.70. The zero-order valence-electron chi connectivity index (χ0n) is 13.5. The second kappa shape index (κ2) is 12.5. The van der Waals surface area contributed by atoms with Gasteiger partial charge >= 0.3 is 0 Å². The van der Waals surface area contributed by atoms with Crippen molar-refractivity contribution in [1.29, 1.82) is 0 Å². The Labute approximate surface area is 146 Å². The number of guanidine groups is 1. The minimum absolute atomic E-state index is 0. The van der Waals surface area contributed by atoms with Gasteiger partial charge in [0.15, 0.2) is 5.96 Å². The molecule has 0 aromatic rings. The van der Waals surface area contributed by atoms with Gasteiger partial charge in [-0.2, -0.15) is 0 Å². The summed E-state index contributed by atoms with van der Waals surface area (Å²) in [6.45, 7) is 7.75. The van der Waals surface area contributed by atoms with Crippen LogP contribution in [-0.2, 0) is 4.74 Å². The van der Waals surface area contributed by atoms with Gasteiger partial charge in [0.1, 0.15) is 0 Å². The maximum absolute atomic E-state index is 10.4. The zero-order valence-corrected chi connectivity index (χ0v) is 15.8. The van der Waals surface area contributed by atoms with E-state index in [2.05, 4.69) is 15.6 Å². The first kappa shape index (κ1) is 20.9. The van der Waals surface area contributed by atoms with Crippen LogP contribution in [0.15, 0.2) is 4.99 Å². The van der Waals surface area contributed by atoms with E-state index in [9.17, 15) is 5.11 Å². The van der Waals surface area contributed by atoms with E-state index >= 15 is 0 Å². The molecular formula is C15H32IN3O2. The fourth-order valence-electron chi connectivity index (χ4n) is 2.46. The summed E-state index contributed by atoms with van der Waals surface area (Å²) in [6.07, 6.45) is 6.18. The maximum atomic E-state index is 10.4. The van der Waals surface area contributed by atoms with Gasteiger partial charge in [-0.05, 0) is 33.1 Å². The van der Waals surface area contributed by atoms with Gasteiger partial charge in [0.05, 0.1) is 12.1 Å². The largest absolute Gasteiger partial charge is 0.388 e. The van der Waals surface area contributed by atoms with E-state index in [4.69, 9.17) is 4.74 Å². The molecule has 1 aliphatic carbocycles. The molecule has 0 heterocycles. The molecule has 0 atom stereocenters. The van der Waals surface area contributed by atoms with Gasteiger partial charge in [0.2, 0.25) is 0 Å². The van der Waals surface area contributed by atoms with Gasteiger partial charge in [0.25, 0.3) is 0 Å².